The molecule has 0 spiro atoms. The monoisotopic (exact) mass is 195 g/mol. The maximum absolute atomic E-state index is 9.21. The summed E-state index contributed by atoms with van der Waals surface area (Å²) in [4.78, 5) is 5.15. The number of hydrogen-bond donors (Lipinski definition) is 1. The number of nitriles is 1. The SMILES string of the molecule is CON1CCC(C#N)(NC2CC2)CC1. The van der Waals surface area contributed by atoms with Gasteiger partial charge in [-0.3, -0.25) is 5.32 Å². The third-order valence-electron chi connectivity index (χ3n) is 3.11. The van der Waals surface area contributed by atoms with Crippen molar-refractivity contribution in [3.05, 3.63) is 0 Å². The van der Waals surface area contributed by atoms with Crippen LogP contribution in [0.15, 0.2) is 0 Å². The third kappa shape index (κ3) is 2.06. The Labute approximate surface area is 84.8 Å². The minimum absolute atomic E-state index is 0.282. The van der Waals surface area contributed by atoms with Gasteiger partial charge in [0.15, 0.2) is 0 Å². The van der Waals surface area contributed by atoms with E-state index in [1.807, 2.05) is 5.06 Å². The van der Waals surface area contributed by atoms with E-state index >= 15 is 0 Å². The Morgan fingerprint density at radius 3 is 2.50 bits per heavy atom. The van der Waals surface area contributed by atoms with Crippen molar-refractivity contribution in [1.82, 2.24) is 10.4 Å². The summed E-state index contributed by atoms with van der Waals surface area (Å²) in [6, 6.07) is 3.04. The fourth-order valence-corrected chi connectivity index (χ4v) is 1.96. The van der Waals surface area contributed by atoms with E-state index in [0.717, 1.165) is 25.9 Å². The highest BCUT2D eigenvalue weighted by molar-refractivity contribution is 5.11. The highest BCUT2D eigenvalue weighted by atomic mass is 16.7. The van der Waals surface area contributed by atoms with Gasteiger partial charge in [0.1, 0.15) is 5.54 Å². The second-order valence-electron chi connectivity index (χ2n) is 4.22. The first-order valence-corrected chi connectivity index (χ1v) is 5.26. The van der Waals surface area contributed by atoms with Gasteiger partial charge in [0.25, 0.3) is 0 Å². The zero-order chi connectivity index (χ0) is 10.0. The molecule has 4 heteroatoms. The fraction of sp³-hybridized carbons (Fsp3) is 0.900. The van der Waals surface area contributed by atoms with Gasteiger partial charge >= 0.3 is 0 Å². The van der Waals surface area contributed by atoms with E-state index in [9.17, 15) is 5.26 Å². The third-order valence-corrected chi connectivity index (χ3v) is 3.11. The molecular formula is C10H17N3O. The molecule has 1 aliphatic carbocycles. The number of nitrogens with one attached hydrogen (secondary N) is 1. The molecule has 0 amide bonds. The van der Waals surface area contributed by atoms with Gasteiger partial charge in [0, 0.05) is 19.1 Å². The summed E-state index contributed by atoms with van der Waals surface area (Å²) in [6.07, 6.45) is 4.20. The van der Waals surface area contributed by atoms with Crippen molar-refractivity contribution in [1.29, 1.82) is 5.26 Å². The Morgan fingerprint density at radius 1 is 1.43 bits per heavy atom. The molecule has 0 atom stereocenters. The Hall–Kier alpha value is -0.630. The van der Waals surface area contributed by atoms with E-state index in [0.29, 0.717) is 6.04 Å². The zero-order valence-electron chi connectivity index (χ0n) is 8.62. The van der Waals surface area contributed by atoms with Crippen LogP contribution in [0.1, 0.15) is 25.7 Å². The maximum Gasteiger partial charge on any atom is 0.109 e. The maximum atomic E-state index is 9.21. The van der Waals surface area contributed by atoms with E-state index < -0.39 is 0 Å². The zero-order valence-corrected chi connectivity index (χ0v) is 8.62. The molecule has 2 rings (SSSR count). The molecule has 4 nitrogen and oxygen atoms in total. The second kappa shape index (κ2) is 3.85. The standard InChI is InChI=1S/C10H17N3O/c1-14-13-6-4-10(8-11,5-7-13)12-9-2-3-9/h9,12H,2-7H2,1H3. The van der Waals surface area contributed by atoms with Crippen molar-refractivity contribution in [2.45, 2.75) is 37.3 Å². The summed E-state index contributed by atoms with van der Waals surface area (Å²) in [7, 11) is 1.69. The molecule has 14 heavy (non-hydrogen) atoms. The van der Waals surface area contributed by atoms with Crippen molar-refractivity contribution in [3.8, 4) is 6.07 Å². The average molecular weight is 195 g/mol. The summed E-state index contributed by atoms with van der Waals surface area (Å²) < 4.78 is 0. The number of hydrogen-bond acceptors (Lipinski definition) is 4. The molecule has 2 aliphatic rings. The van der Waals surface area contributed by atoms with Gasteiger partial charge in [0.05, 0.1) is 13.2 Å². The van der Waals surface area contributed by atoms with Gasteiger partial charge in [-0.05, 0) is 25.7 Å². The first kappa shape index (κ1) is 9.91. The Morgan fingerprint density at radius 2 is 2.07 bits per heavy atom. The number of rotatable bonds is 3. The van der Waals surface area contributed by atoms with Crippen LogP contribution in [-0.4, -0.2) is 36.8 Å². The molecule has 0 aromatic heterocycles. The fourth-order valence-electron chi connectivity index (χ4n) is 1.96. The van der Waals surface area contributed by atoms with E-state index in [-0.39, 0.29) is 5.54 Å². The Kier molecular flexibility index (Phi) is 2.73. The van der Waals surface area contributed by atoms with Crippen molar-refractivity contribution >= 4 is 0 Å². The summed E-state index contributed by atoms with van der Waals surface area (Å²) >= 11 is 0. The van der Waals surface area contributed by atoms with E-state index in [2.05, 4.69) is 11.4 Å². The van der Waals surface area contributed by atoms with Gasteiger partial charge in [-0.25, -0.2) is 0 Å². The normalized spacial score (nSPS) is 27.1. The largest absolute Gasteiger partial charge is 0.302 e. The lowest BCUT2D eigenvalue weighted by Crippen LogP contribution is -2.53. The topological polar surface area (TPSA) is 48.3 Å². The molecule has 0 aromatic rings. The summed E-state index contributed by atoms with van der Waals surface area (Å²) in [5, 5.41) is 14.6. The van der Waals surface area contributed by atoms with Crippen LogP contribution < -0.4 is 5.32 Å². The quantitative estimate of drug-likeness (QED) is 0.718. The molecule has 1 saturated carbocycles. The molecule has 1 saturated heterocycles. The van der Waals surface area contributed by atoms with Gasteiger partial charge in [0.2, 0.25) is 0 Å². The van der Waals surface area contributed by atoms with Crippen LogP contribution in [-0.2, 0) is 4.84 Å². The van der Waals surface area contributed by atoms with Crippen LogP contribution in [0.3, 0.4) is 0 Å². The lowest BCUT2D eigenvalue weighted by molar-refractivity contribution is -0.149. The van der Waals surface area contributed by atoms with Crippen LogP contribution >= 0.6 is 0 Å². The van der Waals surface area contributed by atoms with Crippen LogP contribution in [0.25, 0.3) is 0 Å². The van der Waals surface area contributed by atoms with Crippen molar-refractivity contribution < 1.29 is 4.84 Å². The van der Waals surface area contributed by atoms with Crippen molar-refractivity contribution in [3.63, 3.8) is 0 Å². The molecule has 0 radical (unpaired) electrons. The predicted molar refractivity (Wildman–Crippen MR) is 52.3 cm³/mol. The lowest BCUT2D eigenvalue weighted by Gasteiger charge is -2.36. The summed E-state index contributed by atoms with van der Waals surface area (Å²) in [6.45, 7) is 1.70. The summed E-state index contributed by atoms with van der Waals surface area (Å²) in [5.74, 6) is 0. The molecule has 0 unspecified atom stereocenters. The number of nitrogens with zero attached hydrogens (tertiary/aromatic N) is 2. The molecule has 1 heterocycles. The highest BCUT2D eigenvalue weighted by Gasteiger charge is 2.39. The van der Waals surface area contributed by atoms with Crippen LogP contribution in [0.5, 0.6) is 0 Å². The molecular weight excluding hydrogens is 178 g/mol. The minimum atomic E-state index is -0.282. The predicted octanol–water partition coefficient (Wildman–Crippen LogP) is 0.658. The van der Waals surface area contributed by atoms with E-state index in [1.54, 1.807) is 7.11 Å². The van der Waals surface area contributed by atoms with Gasteiger partial charge in [-0.2, -0.15) is 10.3 Å². The summed E-state index contributed by atoms with van der Waals surface area (Å²) in [5.41, 5.74) is -0.282. The van der Waals surface area contributed by atoms with E-state index in [1.165, 1.54) is 12.8 Å². The van der Waals surface area contributed by atoms with Crippen molar-refractivity contribution in [2.24, 2.45) is 0 Å². The smallest absolute Gasteiger partial charge is 0.109 e. The molecule has 2 fully saturated rings. The number of hydroxylamine groups is 2. The molecule has 0 bridgehead atoms. The van der Waals surface area contributed by atoms with Crippen molar-refractivity contribution in [2.75, 3.05) is 20.2 Å². The second-order valence-corrected chi connectivity index (χ2v) is 4.22. The highest BCUT2D eigenvalue weighted by Crippen LogP contribution is 2.28. The van der Waals surface area contributed by atoms with Gasteiger partial charge in [-0.15, -0.1) is 0 Å². The van der Waals surface area contributed by atoms with Crippen LogP contribution in [0.4, 0.5) is 0 Å². The lowest BCUT2D eigenvalue weighted by atomic mass is 9.89. The minimum Gasteiger partial charge on any atom is -0.302 e. The first-order valence-electron chi connectivity index (χ1n) is 5.26. The van der Waals surface area contributed by atoms with Crippen LogP contribution in [0.2, 0.25) is 0 Å². The van der Waals surface area contributed by atoms with E-state index in [4.69, 9.17) is 4.84 Å². The molecule has 1 N–H and O–H groups in total. The van der Waals surface area contributed by atoms with Gasteiger partial charge in [-0.1, -0.05) is 0 Å². The molecule has 78 valence electrons. The first-order chi connectivity index (χ1) is 6.78. The molecule has 1 aliphatic heterocycles. The molecule has 0 aromatic carbocycles. The Balaban J connectivity index is 1.90. The Bertz CT molecular complexity index is 236. The average Bonchev–Trinajstić information content (AvgIpc) is 3.03. The van der Waals surface area contributed by atoms with Gasteiger partial charge < -0.3 is 4.84 Å². The van der Waals surface area contributed by atoms with Crippen LogP contribution in [0, 0.1) is 11.3 Å². The number of piperidine rings is 1.